The van der Waals surface area contributed by atoms with Gasteiger partial charge in [-0.2, -0.15) is 0 Å². The Kier molecular flexibility index (Phi) is 4.65. The predicted octanol–water partition coefficient (Wildman–Crippen LogP) is 2.76. The number of phenolic OH excluding ortho intramolecular Hbond substituents is 1. The normalized spacial score (nSPS) is 14.0. The first-order chi connectivity index (χ1) is 11.5. The number of ketones is 1. The standard InChI is InChI=1S/C20H21NO3/c1-14(22)17-6-5-16-7-9-21(10-8-18(16)13-17)20(24)12-15-3-2-4-19(23)11-15/h2-6,11,13,23H,7-10,12H2,1H3. The van der Waals surface area contributed by atoms with E-state index in [0.29, 0.717) is 19.5 Å². The van der Waals surface area contributed by atoms with Gasteiger partial charge in [0, 0.05) is 18.7 Å². The van der Waals surface area contributed by atoms with Crippen LogP contribution in [0.25, 0.3) is 0 Å². The van der Waals surface area contributed by atoms with Gasteiger partial charge in [-0.25, -0.2) is 0 Å². The highest BCUT2D eigenvalue weighted by atomic mass is 16.3. The highest BCUT2D eigenvalue weighted by Crippen LogP contribution is 2.19. The maximum Gasteiger partial charge on any atom is 0.227 e. The Morgan fingerprint density at radius 1 is 1.04 bits per heavy atom. The number of carbonyl (C=O) groups excluding carboxylic acids is 2. The second-order valence-corrected chi connectivity index (χ2v) is 6.27. The summed E-state index contributed by atoms with van der Waals surface area (Å²) in [4.78, 5) is 26.0. The highest BCUT2D eigenvalue weighted by Gasteiger charge is 2.19. The van der Waals surface area contributed by atoms with E-state index in [-0.39, 0.29) is 17.4 Å². The van der Waals surface area contributed by atoms with Crippen LogP contribution in [0.3, 0.4) is 0 Å². The molecule has 3 rings (SSSR count). The van der Waals surface area contributed by atoms with Gasteiger partial charge in [-0.05, 0) is 54.7 Å². The molecule has 0 aromatic heterocycles. The lowest BCUT2D eigenvalue weighted by molar-refractivity contribution is -0.130. The molecule has 1 heterocycles. The lowest BCUT2D eigenvalue weighted by atomic mass is 9.99. The second kappa shape index (κ2) is 6.87. The molecule has 24 heavy (non-hydrogen) atoms. The first kappa shape index (κ1) is 16.2. The number of phenols is 1. The number of Topliss-reactive ketones (excluding diaryl/α,β-unsaturated/α-hetero) is 1. The summed E-state index contributed by atoms with van der Waals surface area (Å²) in [6, 6.07) is 12.7. The molecule has 0 saturated carbocycles. The van der Waals surface area contributed by atoms with E-state index >= 15 is 0 Å². The molecule has 2 aromatic rings. The number of rotatable bonds is 3. The van der Waals surface area contributed by atoms with Crippen molar-refractivity contribution in [2.45, 2.75) is 26.2 Å². The van der Waals surface area contributed by atoms with Crippen LogP contribution in [0.2, 0.25) is 0 Å². The zero-order valence-corrected chi connectivity index (χ0v) is 13.8. The van der Waals surface area contributed by atoms with Gasteiger partial charge in [0.05, 0.1) is 6.42 Å². The monoisotopic (exact) mass is 323 g/mol. The Morgan fingerprint density at radius 3 is 2.50 bits per heavy atom. The van der Waals surface area contributed by atoms with Crippen LogP contribution in [0.4, 0.5) is 0 Å². The average Bonchev–Trinajstić information content (AvgIpc) is 2.76. The summed E-state index contributed by atoms with van der Waals surface area (Å²) in [6.07, 6.45) is 1.87. The van der Waals surface area contributed by atoms with Crippen LogP contribution < -0.4 is 0 Å². The molecular formula is C20H21NO3. The van der Waals surface area contributed by atoms with Crippen LogP contribution in [0.1, 0.15) is 34.0 Å². The van der Waals surface area contributed by atoms with Crippen molar-refractivity contribution >= 4 is 11.7 Å². The summed E-state index contributed by atoms with van der Waals surface area (Å²) in [6.45, 7) is 2.92. The van der Waals surface area contributed by atoms with Gasteiger partial charge in [0.15, 0.2) is 5.78 Å². The zero-order valence-electron chi connectivity index (χ0n) is 13.8. The van der Waals surface area contributed by atoms with Crippen molar-refractivity contribution in [1.29, 1.82) is 0 Å². The molecule has 0 fully saturated rings. The fraction of sp³-hybridized carbons (Fsp3) is 0.300. The van der Waals surface area contributed by atoms with E-state index < -0.39 is 0 Å². The van der Waals surface area contributed by atoms with E-state index in [1.54, 1.807) is 25.1 Å². The highest BCUT2D eigenvalue weighted by molar-refractivity contribution is 5.94. The third-order valence-corrected chi connectivity index (χ3v) is 4.53. The van der Waals surface area contributed by atoms with Crippen LogP contribution in [-0.4, -0.2) is 34.8 Å². The Labute approximate surface area is 141 Å². The first-order valence-corrected chi connectivity index (χ1v) is 8.21. The topological polar surface area (TPSA) is 57.6 Å². The quantitative estimate of drug-likeness (QED) is 0.884. The number of amides is 1. The van der Waals surface area contributed by atoms with Crippen molar-refractivity contribution in [3.63, 3.8) is 0 Å². The minimum atomic E-state index is 0.0684. The number of hydrogen-bond acceptors (Lipinski definition) is 3. The molecule has 1 N–H and O–H groups in total. The zero-order chi connectivity index (χ0) is 17.1. The molecule has 0 saturated heterocycles. The molecule has 0 bridgehead atoms. The van der Waals surface area contributed by atoms with Gasteiger partial charge in [0.2, 0.25) is 5.91 Å². The van der Waals surface area contributed by atoms with Gasteiger partial charge in [0.1, 0.15) is 5.75 Å². The van der Waals surface area contributed by atoms with Crippen LogP contribution in [0.15, 0.2) is 42.5 Å². The number of benzene rings is 2. The number of hydrogen-bond donors (Lipinski definition) is 1. The van der Waals surface area contributed by atoms with Crippen molar-refractivity contribution in [3.8, 4) is 5.75 Å². The fourth-order valence-electron chi connectivity index (χ4n) is 3.15. The number of carbonyl (C=O) groups is 2. The molecule has 0 spiro atoms. The number of fused-ring (bicyclic) bond motifs is 1. The van der Waals surface area contributed by atoms with Crippen molar-refractivity contribution < 1.29 is 14.7 Å². The lowest BCUT2D eigenvalue weighted by Crippen LogP contribution is -2.34. The Hall–Kier alpha value is -2.62. The van der Waals surface area contributed by atoms with E-state index in [0.717, 1.165) is 29.5 Å². The molecule has 4 heteroatoms. The van der Waals surface area contributed by atoms with Crippen molar-refractivity contribution in [3.05, 3.63) is 64.7 Å². The summed E-state index contributed by atoms with van der Waals surface area (Å²) in [7, 11) is 0. The van der Waals surface area contributed by atoms with Gasteiger partial charge >= 0.3 is 0 Å². The largest absolute Gasteiger partial charge is 0.508 e. The van der Waals surface area contributed by atoms with Crippen LogP contribution >= 0.6 is 0 Å². The van der Waals surface area contributed by atoms with Gasteiger partial charge in [-0.1, -0.05) is 24.3 Å². The van der Waals surface area contributed by atoms with Crippen molar-refractivity contribution in [1.82, 2.24) is 4.90 Å². The number of aromatic hydroxyl groups is 1. The van der Waals surface area contributed by atoms with E-state index in [4.69, 9.17) is 0 Å². The van der Waals surface area contributed by atoms with E-state index in [1.807, 2.05) is 29.2 Å². The molecule has 2 aromatic carbocycles. The molecule has 1 aliphatic heterocycles. The molecule has 1 aliphatic rings. The third kappa shape index (κ3) is 3.65. The third-order valence-electron chi connectivity index (χ3n) is 4.53. The van der Waals surface area contributed by atoms with Gasteiger partial charge in [0.25, 0.3) is 0 Å². The molecular weight excluding hydrogens is 302 g/mol. The number of nitrogens with zero attached hydrogens (tertiary/aromatic N) is 1. The van der Waals surface area contributed by atoms with Crippen LogP contribution in [0.5, 0.6) is 5.75 Å². The fourth-order valence-corrected chi connectivity index (χ4v) is 3.15. The summed E-state index contributed by atoms with van der Waals surface area (Å²) in [5, 5.41) is 9.52. The minimum Gasteiger partial charge on any atom is -0.508 e. The van der Waals surface area contributed by atoms with Crippen molar-refractivity contribution in [2.75, 3.05) is 13.1 Å². The smallest absolute Gasteiger partial charge is 0.227 e. The summed E-state index contributed by atoms with van der Waals surface area (Å²) in [5.74, 6) is 0.319. The van der Waals surface area contributed by atoms with Gasteiger partial charge in [-0.3, -0.25) is 9.59 Å². The van der Waals surface area contributed by atoms with Gasteiger partial charge < -0.3 is 10.0 Å². The molecule has 0 unspecified atom stereocenters. The first-order valence-electron chi connectivity index (χ1n) is 8.21. The molecule has 124 valence electrons. The van der Waals surface area contributed by atoms with E-state index in [2.05, 4.69) is 0 Å². The Morgan fingerprint density at radius 2 is 1.79 bits per heavy atom. The summed E-state index contributed by atoms with van der Waals surface area (Å²) < 4.78 is 0. The predicted molar refractivity (Wildman–Crippen MR) is 92.2 cm³/mol. The molecule has 0 aliphatic carbocycles. The van der Waals surface area contributed by atoms with Crippen LogP contribution in [0, 0.1) is 0 Å². The summed E-state index contributed by atoms with van der Waals surface area (Å²) in [5.41, 5.74) is 3.93. The molecule has 0 radical (unpaired) electrons. The van der Waals surface area contributed by atoms with E-state index in [9.17, 15) is 14.7 Å². The Balaban J connectivity index is 1.69. The maximum atomic E-state index is 12.5. The maximum absolute atomic E-state index is 12.5. The summed E-state index contributed by atoms with van der Waals surface area (Å²) >= 11 is 0. The lowest BCUT2D eigenvalue weighted by Gasteiger charge is -2.20. The molecule has 1 amide bonds. The SMILES string of the molecule is CC(=O)c1ccc2c(c1)CCN(C(=O)Cc1cccc(O)c1)CC2. The minimum absolute atomic E-state index is 0.0684. The van der Waals surface area contributed by atoms with E-state index in [1.165, 1.54) is 5.56 Å². The molecule has 0 atom stereocenters. The second-order valence-electron chi connectivity index (χ2n) is 6.27. The van der Waals surface area contributed by atoms with Gasteiger partial charge in [-0.15, -0.1) is 0 Å². The van der Waals surface area contributed by atoms with Crippen LogP contribution in [-0.2, 0) is 24.1 Å². The Bertz CT molecular complexity index is 782. The molecule has 4 nitrogen and oxygen atoms in total. The van der Waals surface area contributed by atoms with Crippen molar-refractivity contribution in [2.24, 2.45) is 0 Å². The average molecular weight is 323 g/mol.